The summed E-state index contributed by atoms with van der Waals surface area (Å²) >= 11 is 5.69. The van der Waals surface area contributed by atoms with E-state index in [0.29, 0.717) is 11.3 Å². The molecule has 0 aliphatic carbocycles. The van der Waals surface area contributed by atoms with Crippen molar-refractivity contribution in [2.24, 2.45) is 11.3 Å². The topological polar surface area (TPSA) is 0 Å². The van der Waals surface area contributed by atoms with E-state index in [1.165, 1.54) is 0 Å². The maximum atomic E-state index is 5.69. The predicted molar refractivity (Wildman–Crippen MR) is 39.3 cm³/mol. The van der Waals surface area contributed by atoms with Crippen LogP contribution in [0.1, 0.15) is 27.7 Å². The van der Waals surface area contributed by atoms with E-state index in [1.807, 2.05) is 0 Å². The van der Waals surface area contributed by atoms with Gasteiger partial charge in [-0.1, -0.05) is 27.7 Å². The summed E-state index contributed by atoms with van der Waals surface area (Å²) in [5.74, 6) is 1.44. The van der Waals surface area contributed by atoms with E-state index in [0.717, 1.165) is 5.88 Å². The summed E-state index contributed by atoms with van der Waals surface area (Å²) in [5, 5.41) is 0. The Labute approximate surface area is 57.2 Å². The summed E-state index contributed by atoms with van der Waals surface area (Å²) < 4.78 is 0. The van der Waals surface area contributed by atoms with Gasteiger partial charge in [-0.15, -0.1) is 11.6 Å². The molecule has 50 valence electrons. The number of alkyl halides is 1. The van der Waals surface area contributed by atoms with Crippen molar-refractivity contribution >= 4 is 11.6 Å². The van der Waals surface area contributed by atoms with Crippen molar-refractivity contribution in [2.75, 3.05) is 5.88 Å². The van der Waals surface area contributed by atoms with Crippen LogP contribution in [0.3, 0.4) is 0 Å². The molecule has 0 rings (SSSR count). The zero-order chi connectivity index (χ0) is 6.78. The first-order valence-corrected chi connectivity index (χ1v) is 3.60. The van der Waals surface area contributed by atoms with Gasteiger partial charge in [-0.05, 0) is 11.3 Å². The van der Waals surface area contributed by atoms with Crippen LogP contribution in [-0.4, -0.2) is 5.88 Å². The lowest BCUT2D eigenvalue weighted by Crippen LogP contribution is -2.20. The molecule has 0 heterocycles. The minimum absolute atomic E-state index is 0.307. The molecule has 0 unspecified atom stereocenters. The van der Waals surface area contributed by atoms with Crippen molar-refractivity contribution < 1.29 is 0 Å². The molecular formula is C7H15Cl. The Hall–Kier alpha value is 0.290. The molecule has 0 aromatic heterocycles. The van der Waals surface area contributed by atoms with Gasteiger partial charge < -0.3 is 0 Å². The fourth-order valence-corrected chi connectivity index (χ4v) is 0.463. The van der Waals surface area contributed by atoms with E-state index < -0.39 is 0 Å². The molecule has 0 saturated carbocycles. The molecule has 1 heteroatoms. The molecule has 0 saturated heterocycles. The molecule has 0 aromatic rings. The van der Waals surface area contributed by atoms with Crippen LogP contribution in [0.25, 0.3) is 0 Å². The summed E-state index contributed by atoms with van der Waals surface area (Å²) in [4.78, 5) is 0. The maximum absolute atomic E-state index is 5.69. The largest absolute Gasteiger partial charge is 0.126 e. The van der Waals surface area contributed by atoms with E-state index in [2.05, 4.69) is 27.7 Å². The van der Waals surface area contributed by atoms with Crippen LogP contribution in [0.4, 0.5) is 0 Å². The Morgan fingerprint density at radius 3 is 1.75 bits per heavy atom. The van der Waals surface area contributed by atoms with Gasteiger partial charge in [0, 0.05) is 5.88 Å². The second-order valence-electron chi connectivity index (χ2n) is 3.28. The van der Waals surface area contributed by atoms with Crippen molar-refractivity contribution in [1.82, 2.24) is 0 Å². The van der Waals surface area contributed by atoms with Crippen LogP contribution in [0.5, 0.6) is 0 Å². The molecule has 0 amide bonds. The maximum Gasteiger partial charge on any atom is 0.0277 e. The quantitative estimate of drug-likeness (QED) is 0.510. The number of halogens is 1. The zero-order valence-corrected chi connectivity index (χ0v) is 6.92. The highest BCUT2D eigenvalue weighted by molar-refractivity contribution is 6.18. The van der Waals surface area contributed by atoms with Crippen LogP contribution in [0.2, 0.25) is 0 Å². The monoisotopic (exact) mass is 134 g/mol. The Kier molecular flexibility index (Phi) is 2.82. The molecule has 0 nitrogen and oxygen atoms in total. The molecule has 0 fully saturated rings. The summed E-state index contributed by atoms with van der Waals surface area (Å²) in [6.45, 7) is 8.76. The lowest BCUT2D eigenvalue weighted by atomic mass is 9.83. The van der Waals surface area contributed by atoms with Crippen molar-refractivity contribution in [1.29, 1.82) is 0 Å². The van der Waals surface area contributed by atoms with Gasteiger partial charge in [0.05, 0.1) is 0 Å². The first kappa shape index (κ1) is 8.29. The van der Waals surface area contributed by atoms with E-state index in [9.17, 15) is 0 Å². The average molecular weight is 135 g/mol. The lowest BCUT2D eigenvalue weighted by Gasteiger charge is -2.25. The van der Waals surface area contributed by atoms with E-state index >= 15 is 0 Å². The summed E-state index contributed by atoms with van der Waals surface area (Å²) in [7, 11) is 0. The van der Waals surface area contributed by atoms with E-state index in [-0.39, 0.29) is 0 Å². The molecule has 0 aromatic carbocycles. The van der Waals surface area contributed by atoms with Gasteiger partial charge in [0.15, 0.2) is 0 Å². The van der Waals surface area contributed by atoms with Gasteiger partial charge in [-0.25, -0.2) is 0 Å². The second-order valence-corrected chi connectivity index (χ2v) is 3.54. The third-order valence-electron chi connectivity index (χ3n) is 1.91. The normalized spacial score (nSPS) is 12.8. The molecule has 0 N–H and O–H groups in total. The Bertz CT molecular complexity index is 64.8. The van der Waals surface area contributed by atoms with E-state index in [1.54, 1.807) is 0 Å². The Morgan fingerprint density at radius 2 is 1.75 bits per heavy atom. The molecule has 0 bridgehead atoms. The number of hydrogen-bond acceptors (Lipinski definition) is 0. The predicted octanol–water partition coefficient (Wildman–Crippen LogP) is 2.91. The van der Waals surface area contributed by atoms with Gasteiger partial charge in [-0.2, -0.15) is 0 Å². The van der Waals surface area contributed by atoms with Crippen LogP contribution >= 0.6 is 11.6 Å². The first-order valence-electron chi connectivity index (χ1n) is 3.06. The van der Waals surface area contributed by atoms with Gasteiger partial charge in [-0.3, -0.25) is 0 Å². The summed E-state index contributed by atoms with van der Waals surface area (Å²) in [6, 6.07) is 0. The van der Waals surface area contributed by atoms with Gasteiger partial charge in [0.25, 0.3) is 0 Å². The molecular weight excluding hydrogens is 120 g/mol. The molecule has 0 atom stereocenters. The van der Waals surface area contributed by atoms with Gasteiger partial charge in [0.2, 0.25) is 0 Å². The lowest BCUT2D eigenvalue weighted by molar-refractivity contribution is 0.289. The Balaban J connectivity index is 3.71. The van der Waals surface area contributed by atoms with Crippen molar-refractivity contribution in [3.05, 3.63) is 0 Å². The second kappa shape index (κ2) is 2.72. The minimum atomic E-state index is 0.307. The molecule has 0 aliphatic heterocycles. The SMILES string of the molecule is CC(C)C(C)(C)CCl. The van der Waals surface area contributed by atoms with Crippen LogP contribution in [0, 0.1) is 11.3 Å². The fourth-order valence-electron chi connectivity index (χ4n) is 0.154. The summed E-state index contributed by atoms with van der Waals surface area (Å²) in [6.07, 6.45) is 0. The fraction of sp³-hybridized carbons (Fsp3) is 1.00. The molecule has 0 spiro atoms. The Morgan fingerprint density at radius 1 is 1.38 bits per heavy atom. The van der Waals surface area contributed by atoms with Crippen molar-refractivity contribution in [2.45, 2.75) is 27.7 Å². The van der Waals surface area contributed by atoms with Crippen molar-refractivity contribution in [3.63, 3.8) is 0 Å². The third kappa shape index (κ3) is 2.04. The highest BCUT2D eigenvalue weighted by Crippen LogP contribution is 2.26. The molecule has 0 radical (unpaired) electrons. The van der Waals surface area contributed by atoms with Gasteiger partial charge in [0.1, 0.15) is 0 Å². The van der Waals surface area contributed by atoms with Crippen LogP contribution in [-0.2, 0) is 0 Å². The highest BCUT2D eigenvalue weighted by Gasteiger charge is 2.19. The average Bonchev–Trinajstić information content (AvgIpc) is 1.67. The van der Waals surface area contributed by atoms with E-state index in [4.69, 9.17) is 11.6 Å². The summed E-state index contributed by atoms with van der Waals surface area (Å²) in [5.41, 5.74) is 0.307. The highest BCUT2D eigenvalue weighted by atomic mass is 35.5. The smallest absolute Gasteiger partial charge is 0.0277 e. The van der Waals surface area contributed by atoms with Crippen molar-refractivity contribution in [3.8, 4) is 0 Å². The molecule has 0 aliphatic rings. The zero-order valence-electron chi connectivity index (χ0n) is 6.16. The standard InChI is InChI=1S/C7H15Cl/c1-6(2)7(3,4)5-8/h6H,5H2,1-4H3. The molecule has 8 heavy (non-hydrogen) atoms. The van der Waals surface area contributed by atoms with Gasteiger partial charge >= 0.3 is 0 Å². The first-order chi connectivity index (χ1) is 3.50. The van der Waals surface area contributed by atoms with Crippen LogP contribution < -0.4 is 0 Å². The van der Waals surface area contributed by atoms with Crippen LogP contribution in [0.15, 0.2) is 0 Å². The number of rotatable bonds is 2. The number of hydrogen-bond donors (Lipinski definition) is 0. The third-order valence-corrected chi connectivity index (χ3v) is 2.60. The minimum Gasteiger partial charge on any atom is -0.126 e.